The van der Waals surface area contributed by atoms with Gasteiger partial charge in [0.1, 0.15) is 11.6 Å². The van der Waals surface area contributed by atoms with Gasteiger partial charge in [-0.1, -0.05) is 0 Å². The molecule has 2 heterocycles. The topological polar surface area (TPSA) is 96.0 Å². The molecular weight excluding hydrogens is 296 g/mol. The second-order valence-corrected chi connectivity index (χ2v) is 5.12. The van der Waals surface area contributed by atoms with Crippen LogP contribution in [0.1, 0.15) is 30.9 Å². The molecule has 0 spiro atoms. The van der Waals surface area contributed by atoms with Crippen molar-refractivity contribution in [3.05, 3.63) is 24.2 Å². The molecular formula is C13H15F2N5O2. The lowest BCUT2D eigenvalue weighted by Gasteiger charge is -2.10. The average molecular weight is 311 g/mol. The Morgan fingerprint density at radius 2 is 2.23 bits per heavy atom. The van der Waals surface area contributed by atoms with Crippen LogP contribution in [0, 0.1) is 0 Å². The van der Waals surface area contributed by atoms with Crippen molar-refractivity contribution in [3.63, 3.8) is 0 Å². The van der Waals surface area contributed by atoms with Crippen LogP contribution in [0.2, 0.25) is 0 Å². The maximum Gasteiger partial charge on any atom is 0.388 e. The van der Waals surface area contributed by atoms with Crippen molar-refractivity contribution in [2.75, 3.05) is 5.32 Å². The van der Waals surface area contributed by atoms with Gasteiger partial charge in [0.2, 0.25) is 5.88 Å². The molecule has 9 heteroatoms. The SMILES string of the molecule is O[C@H]1CC[C@H](c2cncc(Nc3cc(OC(F)F)n[nH]3)n2)C1. The lowest BCUT2D eigenvalue weighted by atomic mass is 10.0. The first kappa shape index (κ1) is 14.6. The summed E-state index contributed by atoms with van der Waals surface area (Å²) in [6.45, 7) is -2.92. The van der Waals surface area contributed by atoms with Gasteiger partial charge in [-0.05, 0) is 19.3 Å². The normalized spacial score (nSPS) is 21.3. The summed E-state index contributed by atoms with van der Waals surface area (Å²) in [6.07, 6.45) is 5.21. The lowest BCUT2D eigenvalue weighted by molar-refractivity contribution is -0.0528. The van der Waals surface area contributed by atoms with Gasteiger partial charge >= 0.3 is 6.61 Å². The van der Waals surface area contributed by atoms with Crippen LogP contribution in [-0.2, 0) is 0 Å². The Morgan fingerprint density at radius 1 is 1.36 bits per heavy atom. The van der Waals surface area contributed by atoms with E-state index in [2.05, 4.69) is 30.2 Å². The molecule has 3 rings (SSSR count). The molecule has 0 unspecified atom stereocenters. The van der Waals surface area contributed by atoms with Crippen molar-refractivity contribution in [2.24, 2.45) is 0 Å². The minimum Gasteiger partial charge on any atom is -0.415 e. The summed E-state index contributed by atoms with van der Waals surface area (Å²) in [4.78, 5) is 8.55. The van der Waals surface area contributed by atoms with E-state index in [0.717, 1.165) is 18.5 Å². The van der Waals surface area contributed by atoms with Gasteiger partial charge in [0.25, 0.3) is 0 Å². The van der Waals surface area contributed by atoms with E-state index in [-0.39, 0.29) is 17.9 Å². The summed E-state index contributed by atoms with van der Waals surface area (Å²) in [5, 5.41) is 18.6. The van der Waals surface area contributed by atoms with E-state index in [1.54, 1.807) is 6.20 Å². The van der Waals surface area contributed by atoms with Crippen LogP contribution < -0.4 is 10.1 Å². The number of hydrogen-bond donors (Lipinski definition) is 3. The molecule has 1 aliphatic rings. The maximum atomic E-state index is 12.1. The molecule has 0 saturated heterocycles. The van der Waals surface area contributed by atoms with E-state index in [9.17, 15) is 13.9 Å². The maximum absolute atomic E-state index is 12.1. The first-order valence-corrected chi connectivity index (χ1v) is 6.87. The van der Waals surface area contributed by atoms with Gasteiger partial charge in [0.15, 0.2) is 0 Å². The highest BCUT2D eigenvalue weighted by atomic mass is 19.3. The Kier molecular flexibility index (Phi) is 4.14. The molecule has 3 N–H and O–H groups in total. The number of aromatic amines is 1. The zero-order valence-electron chi connectivity index (χ0n) is 11.5. The van der Waals surface area contributed by atoms with Gasteiger partial charge in [0, 0.05) is 18.2 Å². The third-order valence-corrected chi connectivity index (χ3v) is 3.50. The van der Waals surface area contributed by atoms with Crippen LogP contribution in [0.15, 0.2) is 18.5 Å². The molecule has 1 aliphatic carbocycles. The number of aromatic nitrogens is 4. The second-order valence-electron chi connectivity index (χ2n) is 5.12. The Labute approximate surface area is 124 Å². The van der Waals surface area contributed by atoms with Crippen LogP contribution in [0.4, 0.5) is 20.4 Å². The fourth-order valence-corrected chi connectivity index (χ4v) is 2.52. The molecule has 22 heavy (non-hydrogen) atoms. The highest BCUT2D eigenvalue weighted by Gasteiger charge is 2.25. The molecule has 0 radical (unpaired) electrons. The molecule has 2 aromatic heterocycles. The van der Waals surface area contributed by atoms with Gasteiger partial charge in [-0.2, -0.15) is 8.78 Å². The minimum absolute atomic E-state index is 0.184. The van der Waals surface area contributed by atoms with E-state index in [1.807, 2.05) is 0 Å². The zero-order valence-corrected chi connectivity index (χ0v) is 11.5. The monoisotopic (exact) mass is 311 g/mol. The van der Waals surface area contributed by atoms with Gasteiger partial charge < -0.3 is 15.2 Å². The summed E-state index contributed by atoms with van der Waals surface area (Å²) >= 11 is 0. The number of ether oxygens (including phenoxy) is 1. The van der Waals surface area contributed by atoms with Gasteiger partial charge in [-0.25, -0.2) is 4.98 Å². The van der Waals surface area contributed by atoms with Crippen molar-refractivity contribution in [1.29, 1.82) is 0 Å². The number of anilines is 2. The number of rotatable bonds is 5. The Balaban J connectivity index is 1.69. The summed E-state index contributed by atoms with van der Waals surface area (Å²) in [5.41, 5.74) is 0.796. The van der Waals surface area contributed by atoms with E-state index in [1.165, 1.54) is 12.3 Å². The van der Waals surface area contributed by atoms with Crippen molar-refractivity contribution in [2.45, 2.75) is 37.9 Å². The van der Waals surface area contributed by atoms with Crippen LogP contribution in [0.5, 0.6) is 5.88 Å². The smallest absolute Gasteiger partial charge is 0.388 e. The van der Waals surface area contributed by atoms with Crippen LogP contribution >= 0.6 is 0 Å². The van der Waals surface area contributed by atoms with Gasteiger partial charge in [-0.3, -0.25) is 10.1 Å². The van der Waals surface area contributed by atoms with E-state index in [4.69, 9.17) is 0 Å². The number of aliphatic hydroxyl groups is 1. The number of hydrogen-bond acceptors (Lipinski definition) is 6. The number of alkyl halides is 2. The highest BCUT2D eigenvalue weighted by Crippen LogP contribution is 2.33. The van der Waals surface area contributed by atoms with Crippen molar-refractivity contribution in [3.8, 4) is 5.88 Å². The summed E-state index contributed by atoms with van der Waals surface area (Å²) < 4.78 is 28.3. The van der Waals surface area contributed by atoms with Crippen molar-refractivity contribution in [1.82, 2.24) is 20.2 Å². The number of H-pyrrole nitrogens is 1. The van der Waals surface area contributed by atoms with Crippen molar-refractivity contribution >= 4 is 11.6 Å². The molecule has 2 atom stereocenters. The van der Waals surface area contributed by atoms with Crippen molar-refractivity contribution < 1.29 is 18.6 Å². The Bertz CT molecular complexity index is 636. The third kappa shape index (κ3) is 3.48. The number of nitrogens with zero attached hydrogens (tertiary/aromatic N) is 3. The molecule has 7 nitrogen and oxygen atoms in total. The molecule has 0 amide bonds. The molecule has 0 bridgehead atoms. The molecule has 2 aromatic rings. The van der Waals surface area contributed by atoms with Crippen LogP contribution in [0.25, 0.3) is 0 Å². The quantitative estimate of drug-likeness (QED) is 0.783. The fourth-order valence-electron chi connectivity index (χ4n) is 2.52. The lowest BCUT2D eigenvalue weighted by Crippen LogP contribution is -2.04. The summed E-state index contributed by atoms with van der Waals surface area (Å²) in [7, 11) is 0. The standard InChI is InChI=1S/C13H15F2N5O2/c14-13(15)22-12-4-10(19-20-12)18-11-6-16-5-9(17-11)7-1-2-8(21)3-7/h4-8,13,21H,1-3H2,(H2,17,18,19,20)/t7-,8-/m0/s1. The predicted octanol–water partition coefficient (Wildman–Crippen LogP) is 2.17. The highest BCUT2D eigenvalue weighted by molar-refractivity contribution is 5.51. The summed E-state index contributed by atoms with van der Waals surface area (Å²) in [5.74, 6) is 0.809. The Hall–Kier alpha value is -2.29. The first-order valence-electron chi connectivity index (χ1n) is 6.87. The molecule has 118 valence electrons. The number of halogens is 2. The molecule has 1 saturated carbocycles. The molecule has 0 aromatic carbocycles. The molecule has 0 aliphatic heterocycles. The first-order chi connectivity index (χ1) is 10.6. The predicted molar refractivity (Wildman–Crippen MR) is 73.1 cm³/mol. The Morgan fingerprint density at radius 3 is 2.95 bits per heavy atom. The average Bonchev–Trinajstić information content (AvgIpc) is 3.08. The minimum atomic E-state index is -2.92. The third-order valence-electron chi connectivity index (χ3n) is 3.50. The second kappa shape index (κ2) is 6.22. The fraction of sp³-hybridized carbons (Fsp3) is 0.462. The molecule has 1 fully saturated rings. The largest absolute Gasteiger partial charge is 0.415 e. The van der Waals surface area contributed by atoms with Crippen LogP contribution in [0.3, 0.4) is 0 Å². The van der Waals surface area contributed by atoms with E-state index < -0.39 is 6.61 Å². The number of aliphatic hydroxyl groups excluding tert-OH is 1. The summed E-state index contributed by atoms with van der Waals surface area (Å²) in [6, 6.07) is 1.31. The van der Waals surface area contributed by atoms with E-state index >= 15 is 0 Å². The number of nitrogens with one attached hydrogen (secondary N) is 2. The van der Waals surface area contributed by atoms with Gasteiger partial charge in [0.05, 0.1) is 18.0 Å². The zero-order chi connectivity index (χ0) is 15.5. The van der Waals surface area contributed by atoms with E-state index in [0.29, 0.717) is 18.1 Å². The van der Waals surface area contributed by atoms with Crippen LogP contribution in [-0.4, -0.2) is 38.0 Å². The van der Waals surface area contributed by atoms with Gasteiger partial charge in [-0.15, -0.1) is 5.10 Å².